The molecule has 0 saturated carbocycles. The number of allylic oxidation sites excluding steroid dienone is 1. The molecule has 4 aromatic rings. The SMILES string of the molecule is CCC(C)(C)C1C/C(=C/c2c(C)nn(-c3ccc(F)cc3)c2Cl)c2nc3ccccc3c(C(=O)O)c2C1. The van der Waals surface area contributed by atoms with Crippen molar-refractivity contribution in [2.75, 3.05) is 0 Å². The minimum Gasteiger partial charge on any atom is -0.478 e. The molecule has 37 heavy (non-hydrogen) atoms. The van der Waals surface area contributed by atoms with E-state index < -0.39 is 5.97 Å². The minimum atomic E-state index is -0.942. The van der Waals surface area contributed by atoms with Gasteiger partial charge >= 0.3 is 5.97 Å². The molecule has 1 aliphatic carbocycles. The maximum atomic E-state index is 13.5. The molecule has 0 saturated heterocycles. The lowest BCUT2D eigenvalue weighted by atomic mass is 9.67. The molecule has 5 rings (SSSR count). The summed E-state index contributed by atoms with van der Waals surface area (Å²) in [5.41, 5.74) is 5.54. The highest BCUT2D eigenvalue weighted by Crippen LogP contribution is 2.46. The number of fused-ring (bicyclic) bond motifs is 2. The average Bonchev–Trinajstić information content (AvgIpc) is 3.15. The molecule has 0 spiro atoms. The number of rotatable bonds is 5. The topological polar surface area (TPSA) is 68.0 Å². The molecule has 0 bridgehead atoms. The second-order valence-corrected chi connectivity index (χ2v) is 10.8. The van der Waals surface area contributed by atoms with Crippen molar-refractivity contribution in [2.24, 2.45) is 11.3 Å². The molecule has 7 heteroatoms. The Labute approximate surface area is 220 Å². The lowest BCUT2D eigenvalue weighted by Crippen LogP contribution is -2.30. The van der Waals surface area contributed by atoms with Gasteiger partial charge in [0.05, 0.1) is 28.2 Å². The van der Waals surface area contributed by atoms with Gasteiger partial charge in [-0.15, -0.1) is 0 Å². The number of carbonyl (C=O) groups is 1. The van der Waals surface area contributed by atoms with Gasteiger partial charge in [-0.3, -0.25) is 0 Å². The molecule has 0 fully saturated rings. The Balaban J connectivity index is 1.74. The van der Waals surface area contributed by atoms with Crippen molar-refractivity contribution < 1.29 is 14.3 Å². The van der Waals surface area contributed by atoms with Crippen LogP contribution < -0.4 is 0 Å². The summed E-state index contributed by atoms with van der Waals surface area (Å²) in [6, 6.07) is 13.4. The fourth-order valence-corrected chi connectivity index (χ4v) is 5.54. The van der Waals surface area contributed by atoms with E-state index in [1.165, 1.54) is 12.1 Å². The van der Waals surface area contributed by atoms with E-state index in [1.807, 2.05) is 37.3 Å². The monoisotopic (exact) mass is 517 g/mol. The number of hydrogen-bond donors (Lipinski definition) is 1. The van der Waals surface area contributed by atoms with E-state index in [-0.39, 0.29) is 17.2 Å². The molecule has 1 N–H and O–H groups in total. The first-order chi connectivity index (χ1) is 17.6. The summed E-state index contributed by atoms with van der Waals surface area (Å²) in [5, 5.41) is 16.0. The highest BCUT2D eigenvalue weighted by Gasteiger charge is 2.36. The summed E-state index contributed by atoms with van der Waals surface area (Å²) < 4.78 is 15.1. The van der Waals surface area contributed by atoms with Crippen LogP contribution in [0.25, 0.3) is 28.2 Å². The number of pyridine rings is 1. The fraction of sp³-hybridized carbons (Fsp3) is 0.300. The van der Waals surface area contributed by atoms with Crippen molar-refractivity contribution in [3.05, 3.63) is 87.6 Å². The highest BCUT2D eigenvalue weighted by atomic mass is 35.5. The first-order valence-electron chi connectivity index (χ1n) is 12.5. The third-order valence-electron chi connectivity index (χ3n) is 7.88. The van der Waals surface area contributed by atoms with Gasteiger partial charge in [0.25, 0.3) is 0 Å². The lowest BCUT2D eigenvalue weighted by molar-refractivity contribution is 0.0696. The molecule has 1 aliphatic rings. The van der Waals surface area contributed by atoms with Crippen LogP contribution in [0.5, 0.6) is 0 Å². The van der Waals surface area contributed by atoms with Gasteiger partial charge in [0.2, 0.25) is 0 Å². The Morgan fingerprint density at radius 3 is 2.57 bits per heavy atom. The quantitative estimate of drug-likeness (QED) is 0.294. The van der Waals surface area contributed by atoms with Crippen LogP contribution in [0.1, 0.15) is 66.5 Å². The Morgan fingerprint density at radius 1 is 1.19 bits per heavy atom. The van der Waals surface area contributed by atoms with E-state index in [4.69, 9.17) is 16.6 Å². The van der Waals surface area contributed by atoms with E-state index in [2.05, 4.69) is 25.9 Å². The van der Waals surface area contributed by atoms with Crippen molar-refractivity contribution in [3.63, 3.8) is 0 Å². The summed E-state index contributed by atoms with van der Waals surface area (Å²) in [7, 11) is 0. The predicted molar refractivity (Wildman–Crippen MR) is 146 cm³/mol. The van der Waals surface area contributed by atoms with E-state index >= 15 is 0 Å². The van der Waals surface area contributed by atoms with E-state index in [0.29, 0.717) is 39.4 Å². The van der Waals surface area contributed by atoms with Crippen molar-refractivity contribution in [3.8, 4) is 5.69 Å². The van der Waals surface area contributed by atoms with Crippen molar-refractivity contribution >= 4 is 40.1 Å². The Hall–Kier alpha value is -3.51. The normalized spacial score (nSPS) is 16.8. The standard InChI is InChI=1S/C30H29ClFN3O2/c1-5-30(3,4)19-14-18(15-23-17(2)34-35(28(23)31)21-12-10-20(32)11-13-21)27-24(16-19)26(29(36)37)22-8-6-7-9-25(22)33-27/h6-13,15,19H,5,14,16H2,1-4H3,(H,36,37)/b18-15-. The number of aromatic nitrogens is 3. The van der Waals surface area contributed by atoms with Crippen LogP contribution in [0.3, 0.4) is 0 Å². The third kappa shape index (κ3) is 4.44. The molecular weight excluding hydrogens is 489 g/mol. The van der Waals surface area contributed by atoms with Gasteiger partial charge in [-0.1, -0.05) is 57.0 Å². The lowest BCUT2D eigenvalue weighted by Gasteiger charge is -2.38. The van der Waals surface area contributed by atoms with E-state index in [1.54, 1.807) is 16.8 Å². The molecule has 1 unspecified atom stereocenters. The number of nitrogens with zero attached hydrogens (tertiary/aromatic N) is 3. The Kier molecular flexibility index (Phi) is 6.40. The zero-order valence-electron chi connectivity index (χ0n) is 21.3. The summed E-state index contributed by atoms with van der Waals surface area (Å²) in [6.07, 6.45) is 4.37. The second kappa shape index (κ2) is 9.42. The maximum absolute atomic E-state index is 13.5. The number of carboxylic acids is 1. The molecule has 2 heterocycles. The molecule has 1 atom stereocenters. The molecular formula is C30H29ClFN3O2. The van der Waals surface area contributed by atoms with Crippen LogP contribution in [0.15, 0.2) is 48.5 Å². The van der Waals surface area contributed by atoms with Crippen molar-refractivity contribution in [1.82, 2.24) is 14.8 Å². The number of halogens is 2. The van der Waals surface area contributed by atoms with Crippen LogP contribution >= 0.6 is 11.6 Å². The average molecular weight is 518 g/mol. The second-order valence-electron chi connectivity index (χ2n) is 10.4. The molecule has 2 aromatic carbocycles. The summed E-state index contributed by atoms with van der Waals surface area (Å²) in [4.78, 5) is 17.5. The van der Waals surface area contributed by atoms with Crippen molar-refractivity contribution in [2.45, 2.75) is 47.0 Å². The van der Waals surface area contributed by atoms with Crippen LogP contribution in [0.2, 0.25) is 5.15 Å². The molecule has 0 amide bonds. The smallest absolute Gasteiger partial charge is 0.336 e. The maximum Gasteiger partial charge on any atom is 0.336 e. The first kappa shape index (κ1) is 25.2. The van der Waals surface area contributed by atoms with E-state index in [0.717, 1.165) is 35.2 Å². The van der Waals surface area contributed by atoms with Gasteiger partial charge in [0.1, 0.15) is 11.0 Å². The first-order valence-corrected chi connectivity index (χ1v) is 12.9. The zero-order chi connectivity index (χ0) is 26.5. The van der Waals surface area contributed by atoms with Gasteiger partial charge in [-0.2, -0.15) is 5.10 Å². The number of para-hydroxylation sites is 1. The van der Waals surface area contributed by atoms with Crippen LogP contribution in [0.4, 0.5) is 4.39 Å². The zero-order valence-corrected chi connectivity index (χ0v) is 22.1. The van der Waals surface area contributed by atoms with Crippen LogP contribution in [-0.4, -0.2) is 25.8 Å². The summed E-state index contributed by atoms with van der Waals surface area (Å²) in [6.45, 7) is 8.52. The van der Waals surface area contributed by atoms with Gasteiger partial charge in [0.15, 0.2) is 0 Å². The molecule has 5 nitrogen and oxygen atoms in total. The number of benzene rings is 2. The minimum absolute atomic E-state index is 0.00463. The molecule has 0 radical (unpaired) electrons. The van der Waals surface area contributed by atoms with Gasteiger partial charge in [-0.05, 0) is 78.6 Å². The molecule has 190 valence electrons. The predicted octanol–water partition coefficient (Wildman–Crippen LogP) is 7.76. The highest BCUT2D eigenvalue weighted by molar-refractivity contribution is 6.31. The largest absolute Gasteiger partial charge is 0.478 e. The molecule has 0 aliphatic heterocycles. The van der Waals surface area contributed by atoms with E-state index in [9.17, 15) is 14.3 Å². The number of aryl methyl sites for hydroxylation is 1. The molecule has 2 aromatic heterocycles. The Bertz CT molecular complexity index is 1550. The van der Waals surface area contributed by atoms with Crippen molar-refractivity contribution in [1.29, 1.82) is 0 Å². The number of carboxylic acid groups (broad SMARTS) is 1. The van der Waals surface area contributed by atoms with Crippen LogP contribution in [0, 0.1) is 24.1 Å². The Morgan fingerprint density at radius 2 is 1.89 bits per heavy atom. The van der Waals surface area contributed by atoms with Crippen LogP contribution in [-0.2, 0) is 6.42 Å². The number of hydrogen-bond acceptors (Lipinski definition) is 3. The summed E-state index contributed by atoms with van der Waals surface area (Å²) >= 11 is 6.83. The number of aromatic carboxylic acids is 1. The van der Waals surface area contributed by atoms with Gasteiger partial charge < -0.3 is 5.11 Å². The van der Waals surface area contributed by atoms with Gasteiger partial charge in [0, 0.05) is 10.9 Å². The summed E-state index contributed by atoms with van der Waals surface area (Å²) in [5.74, 6) is -1.05. The fourth-order valence-electron chi connectivity index (χ4n) is 5.21. The van der Waals surface area contributed by atoms with Gasteiger partial charge in [-0.25, -0.2) is 18.9 Å². The third-order valence-corrected chi connectivity index (χ3v) is 8.25.